The molecule has 1 aliphatic carbocycles. The summed E-state index contributed by atoms with van der Waals surface area (Å²) in [6.07, 6.45) is 10.1. The van der Waals surface area contributed by atoms with E-state index in [-0.39, 0.29) is 12.5 Å². The molecule has 0 bridgehead atoms. The van der Waals surface area contributed by atoms with Crippen LogP contribution < -0.4 is 15.9 Å². The van der Waals surface area contributed by atoms with Crippen molar-refractivity contribution in [2.45, 2.75) is 33.6 Å². The first-order valence-corrected chi connectivity index (χ1v) is 9.72. The smallest absolute Gasteiger partial charge is 0.268 e. The van der Waals surface area contributed by atoms with Gasteiger partial charge in [0.25, 0.3) is 5.91 Å². The van der Waals surface area contributed by atoms with Gasteiger partial charge < -0.3 is 19.8 Å². The van der Waals surface area contributed by atoms with Gasteiger partial charge in [0, 0.05) is 5.35 Å². The molecule has 5 heteroatoms. The second kappa shape index (κ2) is 10.0. The van der Waals surface area contributed by atoms with Gasteiger partial charge in [0.2, 0.25) is 0 Å². The zero-order valence-electron chi connectivity index (χ0n) is 17.6. The number of H-pyrrole nitrogens is 1. The maximum Gasteiger partial charge on any atom is 0.268 e. The molecule has 1 heterocycles. The average molecular weight is 385 g/mol. The lowest BCUT2D eigenvalue weighted by Gasteiger charge is -2.15. The van der Waals surface area contributed by atoms with E-state index in [4.69, 9.17) is 9.47 Å². The van der Waals surface area contributed by atoms with Crippen LogP contribution in [-0.4, -0.2) is 31.7 Å². The molecule has 1 aromatic rings. The summed E-state index contributed by atoms with van der Waals surface area (Å²) in [6, 6.07) is 1.93. The molecular formula is C23H32N2O3. The van der Waals surface area contributed by atoms with E-state index in [1.54, 1.807) is 20.3 Å². The van der Waals surface area contributed by atoms with Crippen molar-refractivity contribution in [2.75, 3.05) is 20.8 Å². The van der Waals surface area contributed by atoms with E-state index in [0.29, 0.717) is 29.0 Å². The van der Waals surface area contributed by atoms with Gasteiger partial charge in [0.15, 0.2) is 0 Å². The van der Waals surface area contributed by atoms with Crippen LogP contribution in [0.5, 0.6) is 0 Å². The number of aromatic nitrogens is 1. The zero-order chi connectivity index (χ0) is 20.7. The number of methoxy groups -OCH3 is 2. The summed E-state index contributed by atoms with van der Waals surface area (Å²) in [7, 11) is 3.16. The zero-order valence-corrected chi connectivity index (χ0v) is 17.6. The number of amides is 1. The van der Waals surface area contributed by atoms with E-state index in [1.807, 2.05) is 19.1 Å². The van der Waals surface area contributed by atoms with Crippen molar-refractivity contribution in [3.8, 4) is 0 Å². The summed E-state index contributed by atoms with van der Waals surface area (Å²) in [5, 5.41) is 5.07. The monoisotopic (exact) mass is 384 g/mol. The Bertz CT molecular complexity index is 887. The molecule has 2 rings (SSSR count). The minimum absolute atomic E-state index is 0.166. The number of hydrogen-bond donors (Lipinski definition) is 2. The molecule has 0 aliphatic heterocycles. The lowest BCUT2D eigenvalue weighted by molar-refractivity contribution is 0.0951. The summed E-state index contributed by atoms with van der Waals surface area (Å²) >= 11 is 0. The minimum Gasteiger partial charge on any atom is -0.497 e. The van der Waals surface area contributed by atoms with Gasteiger partial charge in [0.05, 0.1) is 26.3 Å². The number of hydrogen-bond acceptors (Lipinski definition) is 3. The summed E-state index contributed by atoms with van der Waals surface area (Å²) < 4.78 is 10.8. The average Bonchev–Trinajstić information content (AvgIpc) is 3.10. The molecule has 0 fully saturated rings. The third-order valence-corrected chi connectivity index (χ3v) is 4.85. The van der Waals surface area contributed by atoms with Gasteiger partial charge in [-0.05, 0) is 55.0 Å². The van der Waals surface area contributed by atoms with Crippen LogP contribution in [0.25, 0.3) is 12.2 Å². The van der Waals surface area contributed by atoms with Gasteiger partial charge in [-0.1, -0.05) is 32.6 Å². The maximum absolute atomic E-state index is 12.7. The molecule has 1 aliphatic rings. The van der Waals surface area contributed by atoms with Crippen LogP contribution in [0, 0.1) is 11.8 Å². The van der Waals surface area contributed by atoms with Crippen LogP contribution in [0.4, 0.5) is 0 Å². The van der Waals surface area contributed by atoms with Gasteiger partial charge in [-0.2, -0.15) is 0 Å². The van der Waals surface area contributed by atoms with Crippen molar-refractivity contribution < 1.29 is 14.3 Å². The first kappa shape index (κ1) is 21.6. The molecular weight excluding hydrogens is 352 g/mol. The van der Waals surface area contributed by atoms with Crippen molar-refractivity contribution >= 4 is 18.1 Å². The second-order valence-electron chi connectivity index (χ2n) is 7.34. The quantitative estimate of drug-likeness (QED) is 0.508. The SMILES string of the molecule is C=C/C(OC)=C(CNC(=O)c1cc2c([nH]1)=CCC(CC(C)C)C=2)\C(=C/C)OC. The molecule has 0 spiro atoms. The van der Waals surface area contributed by atoms with Crippen molar-refractivity contribution in [3.63, 3.8) is 0 Å². The molecule has 28 heavy (non-hydrogen) atoms. The number of ether oxygens (including phenoxy) is 2. The highest BCUT2D eigenvalue weighted by molar-refractivity contribution is 5.92. The van der Waals surface area contributed by atoms with E-state index >= 15 is 0 Å². The first-order chi connectivity index (χ1) is 13.4. The summed E-state index contributed by atoms with van der Waals surface area (Å²) in [6.45, 7) is 10.4. The number of carbonyl (C=O) groups excluding carboxylic acids is 1. The molecule has 152 valence electrons. The standard InChI is InChI=1S/C23H32N2O3/c1-7-21(27-5)18(22(8-2)28-6)14-24-23(26)20-13-17-12-16(11-15(3)4)9-10-19(17)25-20/h7-8,10,12-13,15-16,25H,1,9,11,14H2,2-6H3,(H,24,26)/b21-18+,22-8+. The number of fused-ring (bicyclic) bond motifs is 1. The van der Waals surface area contributed by atoms with Crippen molar-refractivity contribution in [2.24, 2.45) is 11.8 Å². The van der Waals surface area contributed by atoms with E-state index in [0.717, 1.165) is 29.0 Å². The Kier molecular flexibility index (Phi) is 7.73. The van der Waals surface area contributed by atoms with Gasteiger partial charge in [-0.3, -0.25) is 4.79 Å². The van der Waals surface area contributed by atoms with Crippen molar-refractivity contribution in [1.82, 2.24) is 10.3 Å². The Labute approximate surface area is 167 Å². The fourth-order valence-electron chi connectivity index (χ4n) is 3.58. The van der Waals surface area contributed by atoms with E-state index in [2.05, 4.69) is 42.9 Å². The van der Waals surface area contributed by atoms with Crippen LogP contribution in [0.2, 0.25) is 0 Å². The third kappa shape index (κ3) is 5.18. The molecule has 0 aromatic carbocycles. The minimum atomic E-state index is -0.166. The highest BCUT2D eigenvalue weighted by Gasteiger charge is 2.16. The topological polar surface area (TPSA) is 63.3 Å². The molecule has 0 radical (unpaired) electrons. The Hall–Kier alpha value is -2.69. The van der Waals surface area contributed by atoms with Crippen LogP contribution in [0.3, 0.4) is 0 Å². The largest absolute Gasteiger partial charge is 0.497 e. The highest BCUT2D eigenvalue weighted by Crippen LogP contribution is 2.19. The molecule has 1 amide bonds. The summed E-state index contributed by atoms with van der Waals surface area (Å²) in [5.74, 6) is 2.23. The highest BCUT2D eigenvalue weighted by atomic mass is 16.5. The Morgan fingerprint density at radius 3 is 2.71 bits per heavy atom. The lowest BCUT2D eigenvalue weighted by atomic mass is 9.91. The fourth-order valence-corrected chi connectivity index (χ4v) is 3.58. The molecule has 1 aromatic heterocycles. The maximum atomic E-state index is 12.7. The molecule has 5 nitrogen and oxygen atoms in total. The van der Waals surface area contributed by atoms with Crippen LogP contribution in [0.15, 0.2) is 41.9 Å². The Morgan fingerprint density at radius 2 is 2.14 bits per heavy atom. The molecule has 0 saturated carbocycles. The third-order valence-electron chi connectivity index (χ3n) is 4.85. The predicted octanol–water partition coefficient (Wildman–Crippen LogP) is 3.01. The fraction of sp³-hybridized carbons (Fsp3) is 0.435. The van der Waals surface area contributed by atoms with Gasteiger partial charge in [-0.15, -0.1) is 0 Å². The second-order valence-corrected chi connectivity index (χ2v) is 7.34. The molecule has 2 N–H and O–H groups in total. The number of allylic oxidation sites excluding steroid dienone is 2. The van der Waals surface area contributed by atoms with Gasteiger partial charge in [0.1, 0.15) is 17.2 Å². The number of nitrogens with one attached hydrogen (secondary N) is 2. The van der Waals surface area contributed by atoms with E-state index < -0.39 is 0 Å². The van der Waals surface area contributed by atoms with E-state index in [1.165, 1.54) is 0 Å². The summed E-state index contributed by atoms with van der Waals surface area (Å²) in [5.41, 5.74) is 1.29. The van der Waals surface area contributed by atoms with Crippen molar-refractivity contribution in [3.05, 3.63) is 58.2 Å². The normalized spacial score (nSPS) is 17.1. The first-order valence-electron chi connectivity index (χ1n) is 9.72. The summed E-state index contributed by atoms with van der Waals surface area (Å²) in [4.78, 5) is 15.9. The van der Waals surface area contributed by atoms with Crippen LogP contribution in [0.1, 0.15) is 44.1 Å². The molecule has 0 saturated heterocycles. The molecule has 1 atom stereocenters. The number of carbonyl (C=O) groups is 1. The Balaban J connectivity index is 2.19. The number of aromatic amines is 1. The number of rotatable bonds is 9. The van der Waals surface area contributed by atoms with Gasteiger partial charge >= 0.3 is 0 Å². The van der Waals surface area contributed by atoms with E-state index in [9.17, 15) is 4.79 Å². The predicted molar refractivity (Wildman–Crippen MR) is 114 cm³/mol. The lowest BCUT2D eigenvalue weighted by Crippen LogP contribution is -2.28. The molecule has 1 unspecified atom stereocenters. The van der Waals surface area contributed by atoms with Crippen LogP contribution in [-0.2, 0) is 9.47 Å². The van der Waals surface area contributed by atoms with Crippen LogP contribution >= 0.6 is 0 Å². The van der Waals surface area contributed by atoms with Crippen molar-refractivity contribution in [1.29, 1.82) is 0 Å². The van der Waals surface area contributed by atoms with Gasteiger partial charge in [-0.25, -0.2) is 0 Å². The Morgan fingerprint density at radius 1 is 1.39 bits per heavy atom.